The Balaban J connectivity index is 1.79. The van der Waals surface area contributed by atoms with Gasteiger partial charge in [0.1, 0.15) is 12.0 Å². The number of nitrogens with one attached hydrogen (secondary N) is 2. The highest BCUT2D eigenvalue weighted by Crippen LogP contribution is 2.07. The molecule has 0 fully saturated rings. The smallest absolute Gasteiger partial charge is 0.191 e. The second-order valence-electron chi connectivity index (χ2n) is 3.94. The van der Waals surface area contributed by atoms with Crippen LogP contribution < -0.4 is 10.6 Å². The Morgan fingerprint density at radius 1 is 1.42 bits per heavy atom. The van der Waals surface area contributed by atoms with Crippen LogP contribution in [0.1, 0.15) is 17.5 Å². The highest BCUT2D eigenvalue weighted by atomic mass is 32.1. The predicted octanol–water partition coefficient (Wildman–Crippen LogP) is 2.03. The monoisotopic (exact) mass is 278 g/mol. The van der Waals surface area contributed by atoms with E-state index in [1.165, 1.54) is 4.88 Å². The summed E-state index contributed by atoms with van der Waals surface area (Å²) in [6, 6.07) is 6.04. The number of rotatable bonds is 6. The van der Waals surface area contributed by atoms with Crippen molar-refractivity contribution >= 4 is 17.3 Å². The number of aliphatic imine (C=N–C) groups is 1. The molecule has 0 aliphatic heterocycles. The van der Waals surface area contributed by atoms with Crippen molar-refractivity contribution in [1.82, 2.24) is 15.8 Å². The van der Waals surface area contributed by atoms with Gasteiger partial charge in [0.15, 0.2) is 5.96 Å². The molecule has 0 aliphatic rings. The van der Waals surface area contributed by atoms with E-state index in [9.17, 15) is 0 Å². The third-order valence-corrected chi connectivity index (χ3v) is 3.41. The van der Waals surface area contributed by atoms with E-state index in [0.717, 1.165) is 31.2 Å². The summed E-state index contributed by atoms with van der Waals surface area (Å²) in [4.78, 5) is 5.82. The van der Waals surface area contributed by atoms with Crippen molar-refractivity contribution in [1.29, 1.82) is 0 Å². The molecule has 0 aromatic carbocycles. The lowest BCUT2D eigenvalue weighted by Crippen LogP contribution is -2.38. The largest absolute Gasteiger partial charge is 0.364 e. The minimum Gasteiger partial charge on any atom is -0.364 e. The fourth-order valence-electron chi connectivity index (χ4n) is 1.58. The van der Waals surface area contributed by atoms with Crippen LogP contribution in [0.2, 0.25) is 0 Å². The van der Waals surface area contributed by atoms with Gasteiger partial charge in [-0.1, -0.05) is 11.2 Å². The highest BCUT2D eigenvalue weighted by molar-refractivity contribution is 7.09. The first-order valence-electron chi connectivity index (χ1n) is 6.32. The van der Waals surface area contributed by atoms with Crippen molar-refractivity contribution in [2.75, 3.05) is 13.1 Å². The van der Waals surface area contributed by atoms with Gasteiger partial charge in [-0.3, -0.25) is 0 Å². The van der Waals surface area contributed by atoms with Gasteiger partial charge in [0.05, 0.1) is 6.54 Å². The summed E-state index contributed by atoms with van der Waals surface area (Å²) in [6.45, 7) is 4.27. The number of thiophene rings is 1. The molecule has 0 unspecified atom stereocenters. The van der Waals surface area contributed by atoms with Crippen LogP contribution in [0.4, 0.5) is 0 Å². The Kier molecular flexibility index (Phi) is 5.43. The van der Waals surface area contributed by atoms with Crippen molar-refractivity contribution in [3.05, 3.63) is 40.4 Å². The molecule has 0 atom stereocenters. The molecule has 0 aliphatic carbocycles. The fraction of sp³-hybridized carbons (Fsp3) is 0.385. The fourth-order valence-corrected chi connectivity index (χ4v) is 2.29. The van der Waals surface area contributed by atoms with Gasteiger partial charge in [-0.05, 0) is 24.8 Å². The van der Waals surface area contributed by atoms with Gasteiger partial charge in [0, 0.05) is 24.0 Å². The van der Waals surface area contributed by atoms with Crippen molar-refractivity contribution in [2.24, 2.45) is 4.99 Å². The first-order chi connectivity index (χ1) is 9.38. The Morgan fingerprint density at radius 2 is 2.37 bits per heavy atom. The number of guanidine groups is 1. The molecule has 0 spiro atoms. The first kappa shape index (κ1) is 13.6. The normalized spacial score (nSPS) is 11.5. The number of nitrogens with zero attached hydrogens (tertiary/aromatic N) is 2. The number of aromatic nitrogens is 1. The molecule has 19 heavy (non-hydrogen) atoms. The van der Waals surface area contributed by atoms with Crippen LogP contribution in [0.3, 0.4) is 0 Å². The molecule has 5 nitrogen and oxygen atoms in total. The molecule has 0 saturated carbocycles. The Hall–Kier alpha value is -1.82. The second kappa shape index (κ2) is 7.58. The summed E-state index contributed by atoms with van der Waals surface area (Å²) >= 11 is 1.78. The van der Waals surface area contributed by atoms with Gasteiger partial charge < -0.3 is 15.2 Å². The molecule has 0 bridgehead atoms. The summed E-state index contributed by atoms with van der Waals surface area (Å²) in [5.41, 5.74) is 0.829. The van der Waals surface area contributed by atoms with E-state index in [4.69, 9.17) is 4.52 Å². The molecule has 2 N–H and O–H groups in total. The Bertz CT molecular complexity index is 479. The van der Waals surface area contributed by atoms with Crippen LogP contribution in [-0.4, -0.2) is 24.2 Å². The van der Waals surface area contributed by atoms with Gasteiger partial charge in [-0.2, -0.15) is 0 Å². The lowest BCUT2D eigenvalue weighted by atomic mass is 10.3. The lowest BCUT2D eigenvalue weighted by Gasteiger charge is -2.10. The Labute approximate surface area is 116 Å². The maximum atomic E-state index is 4.78. The molecular weight excluding hydrogens is 260 g/mol. The van der Waals surface area contributed by atoms with Crippen LogP contribution in [0, 0.1) is 0 Å². The standard InChI is InChI=1S/C13H18N4OS/c1-2-14-13(16-10-11-6-8-18-17-11)15-7-5-12-4-3-9-19-12/h3-4,6,8-9H,2,5,7,10H2,1H3,(H2,14,15,16). The molecule has 0 saturated heterocycles. The molecule has 2 heterocycles. The predicted molar refractivity (Wildman–Crippen MR) is 77.3 cm³/mol. The molecule has 2 aromatic rings. The van der Waals surface area contributed by atoms with Crippen molar-refractivity contribution in [3.63, 3.8) is 0 Å². The third-order valence-electron chi connectivity index (χ3n) is 2.48. The topological polar surface area (TPSA) is 62.5 Å². The van der Waals surface area contributed by atoms with Crippen LogP contribution in [0.25, 0.3) is 0 Å². The van der Waals surface area contributed by atoms with Gasteiger partial charge in [-0.15, -0.1) is 11.3 Å². The summed E-state index contributed by atoms with van der Waals surface area (Å²) in [7, 11) is 0. The van der Waals surface area contributed by atoms with E-state index in [-0.39, 0.29) is 0 Å². The van der Waals surface area contributed by atoms with Crippen LogP contribution in [-0.2, 0) is 13.0 Å². The van der Waals surface area contributed by atoms with Crippen LogP contribution in [0.5, 0.6) is 0 Å². The number of hydrogen-bond donors (Lipinski definition) is 2. The van der Waals surface area contributed by atoms with E-state index >= 15 is 0 Å². The highest BCUT2D eigenvalue weighted by Gasteiger charge is 2.00. The van der Waals surface area contributed by atoms with Gasteiger partial charge in [0.25, 0.3) is 0 Å². The summed E-state index contributed by atoms with van der Waals surface area (Å²) in [5, 5.41) is 12.4. The van der Waals surface area contributed by atoms with E-state index in [1.807, 2.05) is 13.0 Å². The summed E-state index contributed by atoms with van der Waals surface area (Å²) < 4.78 is 4.78. The molecule has 6 heteroatoms. The zero-order chi connectivity index (χ0) is 13.3. The van der Waals surface area contributed by atoms with Crippen molar-refractivity contribution in [2.45, 2.75) is 19.9 Å². The number of hydrogen-bond acceptors (Lipinski definition) is 4. The molecule has 0 radical (unpaired) electrons. The minimum absolute atomic E-state index is 0.519. The van der Waals surface area contributed by atoms with E-state index in [0.29, 0.717) is 6.54 Å². The average Bonchev–Trinajstić information content (AvgIpc) is 3.09. The maximum absolute atomic E-state index is 4.78. The van der Waals surface area contributed by atoms with Crippen molar-refractivity contribution < 1.29 is 4.52 Å². The lowest BCUT2D eigenvalue weighted by molar-refractivity contribution is 0.412. The van der Waals surface area contributed by atoms with Crippen LogP contribution >= 0.6 is 11.3 Å². The van der Waals surface area contributed by atoms with E-state index < -0.39 is 0 Å². The SMILES string of the molecule is CCNC(=NCc1ccon1)NCCc1cccs1. The van der Waals surface area contributed by atoms with E-state index in [2.05, 4.69) is 38.3 Å². The van der Waals surface area contributed by atoms with Gasteiger partial charge >= 0.3 is 0 Å². The molecular formula is C13H18N4OS. The minimum atomic E-state index is 0.519. The second-order valence-corrected chi connectivity index (χ2v) is 4.97. The summed E-state index contributed by atoms with van der Waals surface area (Å²) in [5.74, 6) is 0.807. The zero-order valence-electron chi connectivity index (χ0n) is 10.9. The summed E-state index contributed by atoms with van der Waals surface area (Å²) in [6.07, 6.45) is 2.56. The van der Waals surface area contributed by atoms with Gasteiger partial charge in [-0.25, -0.2) is 4.99 Å². The molecule has 2 aromatic heterocycles. The molecule has 2 rings (SSSR count). The van der Waals surface area contributed by atoms with Crippen LogP contribution in [0.15, 0.2) is 39.4 Å². The Morgan fingerprint density at radius 3 is 3.05 bits per heavy atom. The van der Waals surface area contributed by atoms with E-state index in [1.54, 1.807) is 17.6 Å². The zero-order valence-corrected chi connectivity index (χ0v) is 11.7. The molecule has 0 amide bonds. The molecule has 102 valence electrons. The first-order valence-corrected chi connectivity index (χ1v) is 7.20. The maximum Gasteiger partial charge on any atom is 0.191 e. The van der Waals surface area contributed by atoms with Crippen molar-refractivity contribution in [3.8, 4) is 0 Å². The van der Waals surface area contributed by atoms with Gasteiger partial charge in [0.2, 0.25) is 0 Å². The quantitative estimate of drug-likeness (QED) is 0.627. The average molecular weight is 278 g/mol. The third kappa shape index (κ3) is 4.75.